The molecule has 1 N–H and O–H groups in total. The number of hydrogen-bond donors (Lipinski definition) is 1. The maximum Gasteiger partial charge on any atom is 0.220 e. The lowest BCUT2D eigenvalue weighted by molar-refractivity contribution is -0.0502. The van der Waals surface area contributed by atoms with Gasteiger partial charge < -0.3 is 14.9 Å². The van der Waals surface area contributed by atoms with E-state index in [1.165, 1.54) is 0 Å². The molecule has 0 saturated carbocycles. The van der Waals surface area contributed by atoms with Crippen molar-refractivity contribution in [2.24, 2.45) is 5.92 Å². The van der Waals surface area contributed by atoms with Gasteiger partial charge in [0.2, 0.25) is 6.54 Å². The minimum Gasteiger partial charge on any atom is -0.388 e. The molecule has 2 atom stereocenters. The highest BCUT2D eigenvalue weighted by Gasteiger charge is 2.38. The molecule has 1 saturated heterocycles. The number of aliphatic hydroxyl groups is 1. The summed E-state index contributed by atoms with van der Waals surface area (Å²) in [5.74, 6) is 0.159. The van der Waals surface area contributed by atoms with Gasteiger partial charge in [-0.05, 0) is 26.9 Å². The Hall–Kier alpha value is -0.590. The fourth-order valence-electron chi connectivity index (χ4n) is 1.84. The summed E-state index contributed by atoms with van der Waals surface area (Å²) in [5, 5.41) is 9.95. The zero-order valence-electron chi connectivity index (χ0n) is 7.75. The molecule has 1 rings (SSSR count). The molecule has 1 aliphatic heterocycles. The molecular weight excluding hydrogens is 152 g/mol. The van der Waals surface area contributed by atoms with Crippen molar-refractivity contribution in [1.82, 2.24) is 4.90 Å². The van der Waals surface area contributed by atoms with Crippen LogP contribution in [0.2, 0.25) is 0 Å². The highest BCUT2D eigenvalue weighted by atomic mass is 16.3. The zero-order valence-corrected chi connectivity index (χ0v) is 7.75. The fourth-order valence-corrected chi connectivity index (χ4v) is 1.84. The van der Waals surface area contributed by atoms with Crippen LogP contribution in [0.3, 0.4) is 0 Å². The number of likely N-dealkylation sites (tertiary alicyclic amines) is 1. The molecule has 1 fully saturated rings. The Bertz CT molecular complexity index is 195. The van der Waals surface area contributed by atoms with E-state index in [0.29, 0.717) is 13.1 Å². The van der Waals surface area contributed by atoms with Crippen LogP contribution in [-0.2, 0) is 0 Å². The van der Waals surface area contributed by atoms with E-state index in [1.807, 2.05) is 14.0 Å². The molecule has 0 spiro atoms. The van der Waals surface area contributed by atoms with Gasteiger partial charge in [0, 0.05) is 6.54 Å². The van der Waals surface area contributed by atoms with Crippen LogP contribution in [0.5, 0.6) is 0 Å². The second kappa shape index (κ2) is 3.42. The van der Waals surface area contributed by atoms with Gasteiger partial charge in [-0.2, -0.15) is 0 Å². The van der Waals surface area contributed by atoms with Gasteiger partial charge in [-0.15, -0.1) is 0 Å². The molecule has 2 unspecified atom stereocenters. The van der Waals surface area contributed by atoms with Crippen molar-refractivity contribution >= 4 is 0 Å². The molecule has 0 aromatic heterocycles. The first-order valence-electron chi connectivity index (χ1n) is 4.30. The lowest BCUT2D eigenvalue weighted by Crippen LogP contribution is -2.51. The normalized spacial score (nSPS) is 37.7. The summed E-state index contributed by atoms with van der Waals surface area (Å²) in [7, 11) is 2.00. The third kappa shape index (κ3) is 1.96. The van der Waals surface area contributed by atoms with Gasteiger partial charge >= 0.3 is 0 Å². The Morgan fingerprint density at radius 2 is 2.42 bits per heavy atom. The Balaban J connectivity index is 2.59. The first-order chi connectivity index (χ1) is 5.56. The summed E-state index contributed by atoms with van der Waals surface area (Å²) in [5.41, 5.74) is -0.669. The molecule has 0 bridgehead atoms. The standard InChI is InChI=1S/C9H16N2O/c1-9(12)7-11(3)5-4-8(9)6-10-2/h8,12H,4-7H2,1,3H3. The Kier molecular flexibility index (Phi) is 2.71. The highest BCUT2D eigenvalue weighted by molar-refractivity contribution is 4.92. The van der Waals surface area contributed by atoms with Gasteiger partial charge in [-0.1, -0.05) is 0 Å². The molecule has 0 radical (unpaired) electrons. The number of piperidine rings is 1. The van der Waals surface area contributed by atoms with Crippen molar-refractivity contribution < 1.29 is 5.11 Å². The molecule has 0 aliphatic carbocycles. The minimum atomic E-state index is -0.669. The van der Waals surface area contributed by atoms with Crippen LogP contribution in [-0.4, -0.2) is 42.3 Å². The molecule has 12 heavy (non-hydrogen) atoms. The van der Waals surface area contributed by atoms with Crippen molar-refractivity contribution in [2.75, 3.05) is 26.7 Å². The predicted molar refractivity (Wildman–Crippen MR) is 47.7 cm³/mol. The Morgan fingerprint density at radius 1 is 1.75 bits per heavy atom. The molecule has 3 heteroatoms. The van der Waals surface area contributed by atoms with Crippen LogP contribution in [0.1, 0.15) is 13.3 Å². The summed E-state index contributed by atoms with van der Waals surface area (Å²) in [4.78, 5) is 5.46. The average molecular weight is 168 g/mol. The quantitative estimate of drug-likeness (QED) is 0.581. The second-order valence-electron chi connectivity index (χ2n) is 3.92. The van der Waals surface area contributed by atoms with E-state index >= 15 is 0 Å². The molecule has 1 aliphatic rings. The third-order valence-electron chi connectivity index (χ3n) is 2.64. The largest absolute Gasteiger partial charge is 0.388 e. The van der Waals surface area contributed by atoms with Gasteiger partial charge in [0.25, 0.3) is 0 Å². The molecule has 68 valence electrons. The molecule has 0 amide bonds. The minimum absolute atomic E-state index is 0.159. The Labute approximate surface area is 73.8 Å². The van der Waals surface area contributed by atoms with Crippen LogP contribution in [0.25, 0.3) is 4.85 Å². The van der Waals surface area contributed by atoms with E-state index in [1.54, 1.807) is 0 Å². The molecular formula is C9H16N2O. The number of rotatable bonds is 1. The molecule has 0 aromatic carbocycles. The summed E-state index contributed by atoms with van der Waals surface area (Å²) in [6, 6.07) is 0. The Morgan fingerprint density at radius 3 is 2.92 bits per heavy atom. The molecule has 1 heterocycles. The highest BCUT2D eigenvalue weighted by Crippen LogP contribution is 2.26. The molecule has 0 aromatic rings. The van der Waals surface area contributed by atoms with Crippen LogP contribution >= 0.6 is 0 Å². The number of likely N-dealkylation sites (N-methyl/N-ethyl adjacent to an activating group) is 1. The predicted octanol–water partition coefficient (Wildman–Crippen LogP) is 0.608. The first-order valence-corrected chi connectivity index (χ1v) is 4.30. The van der Waals surface area contributed by atoms with Crippen LogP contribution < -0.4 is 0 Å². The van der Waals surface area contributed by atoms with Gasteiger partial charge in [0.15, 0.2) is 0 Å². The van der Waals surface area contributed by atoms with E-state index in [9.17, 15) is 5.11 Å². The maximum absolute atomic E-state index is 9.95. The smallest absolute Gasteiger partial charge is 0.220 e. The monoisotopic (exact) mass is 168 g/mol. The lowest BCUT2D eigenvalue weighted by Gasteiger charge is -2.39. The van der Waals surface area contributed by atoms with Crippen LogP contribution in [0.4, 0.5) is 0 Å². The zero-order chi connectivity index (χ0) is 9.19. The number of nitrogens with zero attached hydrogens (tertiary/aromatic N) is 2. The van der Waals surface area contributed by atoms with Crippen molar-refractivity contribution in [3.05, 3.63) is 11.4 Å². The van der Waals surface area contributed by atoms with Crippen molar-refractivity contribution in [1.29, 1.82) is 0 Å². The van der Waals surface area contributed by atoms with E-state index in [0.717, 1.165) is 13.0 Å². The maximum atomic E-state index is 9.95. The average Bonchev–Trinajstić information content (AvgIpc) is 1.94. The van der Waals surface area contributed by atoms with E-state index in [4.69, 9.17) is 6.57 Å². The SMILES string of the molecule is [C-]#[N+]CC1CCN(C)CC1(C)O. The van der Waals surface area contributed by atoms with E-state index in [-0.39, 0.29) is 5.92 Å². The first kappa shape index (κ1) is 9.50. The summed E-state index contributed by atoms with van der Waals surface area (Å²) in [6.07, 6.45) is 0.936. The van der Waals surface area contributed by atoms with Gasteiger partial charge in [-0.25, -0.2) is 6.57 Å². The molecule has 3 nitrogen and oxygen atoms in total. The lowest BCUT2D eigenvalue weighted by atomic mass is 9.83. The van der Waals surface area contributed by atoms with Crippen LogP contribution in [0, 0.1) is 12.5 Å². The summed E-state index contributed by atoms with van der Waals surface area (Å²) < 4.78 is 0. The topological polar surface area (TPSA) is 27.8 Å². The van der Waals surface area contributed by atoms with E-state index < -0.39 is 5.60 Å². The van der Waals surface area contributed by atoms with Crippen molar-refractivity contribution in [3.8, 4) is 0 Å². The fraction of sp³-hybridized carbons (Fsp3) is 0.889. The summed E-state index contributed by atoms with van der Waals surface area (Å²) >= 11 is 0. The van der Waals surface area contributed by atoms with Gasteiger partial charge in [0.05, 0.1) is 11.5 Å². The number of β-amino-alcohol motifs (C(OH)–C–C–N with tert-alkyl or cyclic N) is 1. The summed E-state index contributed by atoms with van der Waals surface area (Å²) in [6.45, 7) is 10.7. The third-order valence-corrected chi connectivity index (χ3v) is 2.64. The van der Waals surface area contributed by atoms with Gasteiger partial charge in [0.1, 0.15) is 0 Å². The second-order valence-corrected chi connectivity index (χ2v) is 3.92. The van der Waals surface area contributed by atoms with E-state index in [2.05, 4.69) is 9.74 Å². The van der Waals surface area contributed by atoms with Crippen LogP contribution in [0.15, 0.2) is 0 Å². The van der Waals surface area contributed by atoms with Gasteiger partial charge in [-0.3, -0.25) is 0 Å². The van der Waals surface area contributed by atoms with Crippen molar-refractivity contribution in [3.63, 3.8) is 0 Å². The van der Waals surface area contributed by atoms with Crippen molar-refractivity contribution in [2.45, 2.75) is 18.9 Å². The number of hydrogen-bond acceptors (Lipinski definition) is 2.